The van der Waals surface area contributed by atoms with Crippen LogP contribution in [0.5, 0.6) is 0 Å². The third kappa shape index (κ3) is 3.52. The van der Waals surface area contributed by atoms with Gasteiger partial charge < -0.3 is 5.32 Å². The van der Waals surface area contributed by atoms with Crippen molar-refractivity contribution < 1.29 is 4.79 Å². The second-order valence-corrected chi connectivity index (χ2v) is 5.92. The predicted molar refractivity (Wildman–Crippen MR) is 79.6 cm³/mol. The summed E-state index contributed by atoms with van der Waals surface area (Å²) in [7, 11) is 0. The van der Waals surface area contributed by atoms with Gasteiger partial charge in [0.15, 0.2) is 0 Å². The second kappa shape index (κ2) is 5.62. The molecular formula is C12H8BrNOS2. The largest absolute Gasteiger partial charge is 0.307 e. The first-order valence-electron chi connectivity index (χ1n) is 4.82. The number of thiocarbonyl (C=S) groups is 1. The summed E-state index contributed by atoms with van der Waals surface area (Å²) < 4.78 is 1.56. The molecule has 1 aromatic carbocycles. The lowest BCUT2D eigenvalue weighted by Crippen LogP contribution is -2.17. The van der Waals surface area contributed by atoms with E-state index >= 15 is 0 Å². The van der Waals surface area contributed by atoms with Gasteiger partial charge >= 0.3 is 0 Å². The molecule has 0 aromatic heterocycles. The lowest BCUT2D eigenvalue weighted by molar-refractivity contribution is -0.115. The molecule has 1 N–H and O–H groups in total. The standard InChI is InChI=1S/C12H8BrNOS2/c13-9-6-4-8(5-7-9)2-1-3-10-11(15)14-12(16)17-10/h1-7H,(H,14,15,16)/b2-1-,10-3+. The highest BCUT2D eigenvalue weighted by molar-refractivity contribution is 9.10. The van der Waals surface area contributed by atoms with E-state index in [2.05, 4.69) is 21.2 Å². The quantitative estimate of drug-likeness (QED) is 0.666. The molecule has 0 atom stereocenters. The predicted octanol–water partition coefficient (Wildman–Crippen LogP) is 3.49. The molecule has 0 spiro atoms. The number of rotatable bonds is 2. The van der Waals surface area contributed by atoms with Crippen molar-refractivity contribution in [2.75, 3.05) is 0 Å². The highest BCUT2D eigenvalue weighted by Gasteiger charge is 2.20. The molecule has 0 radical (unpaired) electrons. The van der Waals surface area contributed by atoms with Crippen LogP contribution < -0.4 is 5.32 Å². The first kappa shape index (κ1) is 12.5. The Bertz CT molecular complexity index is 520. The van der Waals surface area contributed by atoms with Crippen LogP contribution >= 0.6 is 39.9 Å². The number of carbonyl (C=O) groups excluding carboxylic acids is 1. The molecule has 0 aliphatic carbocycles. The van der Waals surface area contributed by atoms with Gasteiger partial charge in [0.2, 0.25) is 0 Å². The molecule has 1 saturated heterocycles. The zero-order valence-electron chi connectivity index (χ0n) is 8.64. The monoisotopic (exact) mass is 325 g/mol. The summed E-state index contributed by atoms with van der Waals surface area (Å²) in [6.07, 6.45) is 5.55. The highest BCUT2D eigenvalue weighted by atomic mass is 79.9. The van der Waals surface area contributed by atoms with Crippen LogP contribution in [0.15, 0.2) is 45.8 Å². The normalized spacial score (nSPS) is 18.1. The Kier molecular flexibility index (Phi) is 4.15. The zero-order valence-corrected chi connectivity index (χ0v) is 11.9. The highest BCUT2D eigenvalue weighted by Crippen LogP contribution is 2.23. The number of carbonyl (C=O) groups is 1. The topological polar surface area (TPSA) is 29.1 Å². The number of nitrogens with one attached hydrogen (secondary N) is 1. The summed E-state index contributed by atoms with van der Waals surface area (Å²) in [6.45, 7) is 0. The number of amides is 1. The molecule has 0 bridgehead atoms. The van der Waals surface area contributed by atoms with Crippen LogP contribution in [0.3, 0.4) is 0 Å². The molecule has 86 valence electrons. The summed E-state index contributed by atoms with van der Waals surface area (Å²) in [4.78, 5) is 12.0. The molecule has 5 heteroatoms. The maximum absolute atomic E-state index is 11.3. The van der Waals surface area contributed by atoms with Crippen LogP contribution in [0.25, 0.3) is 6.08 Å². The van der Waals surface area contributed by atoms with Gasteiger partial charge in [-0.25, -0.2) is 0 Å². The molecule has 2 nitrogen and oxygen atoms in total. The Labute approximate surface area is 117 Å². The van der Waals surface area contributed by atoms with E-state index in [0.29, 0.717) is 9.23 Å². The van der Waals surface area contributed by atoms with E-state index in [4.69, 9.17) is 12.2 Å². The number of thioether (sulfide) groups is 1. The van der Waals surface area contributed by atoms with Gasteiger partial charge in [0, 0.05) is 4.47 Å². The van der Waals surface area contributed by atoms with Gasteiger partial charge in [0.25, 0.3) is 5.91 Å². The van der Waals surface area contributed by atoms with Crippen molar-refractivity contribution in [2.24, 2.45) is 0 Å². The van der Waals surface area contributed by atoms with Crippen LogP contribution in [-0.2, 0) is 4.79 Å². The summed E-state index contributed by atoms with van der Waals surface area (Å²) in [6, 6.07) is 7.93. The third-order valence-corrected chi connectivity index (χ3v) is 3.76. The zero-order chi connectivity index (χ0) is 12.3. The summed E-state index contributed by atoms with van der Waals surface area (Å²) in [5.41, 5.74) is 1.08. The minimum Gasteiger partial charge on any atom is -0.307 e. The third-order valence-electron chi connectivity index (χ3n) is 2.05. The number of allylic oxidation sites excluding steroid dienone is 2. The van der Waals surface area contributed by atoms with Crippen molar-refractivity contribution in [3.8, 4) is 0 Å². The summed E-state index contributed by atoms with van der Waals surface area (Å²) in [5.74, 6) is -0.125. The molecule has 1 aliphatic rings. The van der Waals surface area contributed by atoms with Crippen molar-refractivity contribution >= 4 is 56.2 Å². The Balaban J connectivity index is 2.07. The average molecular weight is 326 g/mol. The fourth-order valence-corrected chi connectivity index (χ4v) is 2.52. The molecule has 1 aliphatic heterocycles. The van der Waals surface area contributed by atoms with Gasteiger partial charge in [-0.05, 0) is 23.8 Å². The first-order chi connectivity index (χ1) is 8.15. The minimum absolute atomic E-state index is 0.125. The van der Waals surface area contributed by atoms with Gasteiger partial charge in [-0.1, -0.05) is 64.2 Å². The molecule has 0 unspecified atom stereocenters. The number of benzene rings is 1. The molecular weight excluding hydrogens is 318 g/mol. The van der Waals surface area contributed by atoms with Gasteiger partial charge in [0.05, 0.1) is 4.91 Å². The van der Waals surface area contributed by atoms with Crippen molar-refractivity contribution in [3.05, 3.63) is 51.4 Å². The van der Waals surface area contributed by atoms with E-state index < -0.39 is 0 Å². The van der Waals surface area contributed by atoms with E-state index in [0.717, 1.165) is 10.0 Å². The Morgan fingerprint density at radius 1 is 1.29 bits per heavy atom. The number of halogens is 1. The molecule has 2 rings (SSSR count). The number of hydrogen-bond donors (Lipinski definition) is 1. The summed E-state index contributed by atoms with van der Waals surface area (Å²) >= 11 is 9.55. The smallest absolute Gasteiger partial charge is 0.263 e. The molecule has 1 aromatic rings. The molecule has 0 saturated carbocycles. The van der Waals surface area contributed by atoms with E-state index in [9.17, 15) is 4.79 Å². The van der Waals surface area contributed by atoms with E-state index in [1.165, 1.54) is 11.8 Å². The molecule has 17 heavy (non-hydrogen) atoms. The van der Waals surface area contributed by atoms with Crippen molar-refractivity contribution in [2.45, 2.75) is 0 Å². The van der Waals surface area contributed by atoms with E-state index in [-0.39, 0.29) is 5.91 Å². The lowest BCUT2D eigenvalue weighted by atomic mass is 10.2. The number of hydrogen-bond acceptors (Lipinski definition) is 3. The van der Waals surface area contributed by atoms with Crippen LogP contribution in [-0.4, -0.2) is 10.2 Å². The molecule has 1 amide bonds. The van der Waals surface area contributed by atoms with Gasteiger partial charge in [-0.3, -0.25) is 4.79 Å². The first-order valence-corrected chi connectivity index (χ1v) is 6.84. The van der Waals surface area contributed by atoms with Gasteiger partial charge in [-0.15, -0.1) is 0 Å². The fourth-order valence-electron chi connectivity index (χ4n) is 1.26. The van der Waals surface area contributed by atoms with Crippen molar-refractivity contribution in [1.29, 1.82) is 0 Å². The second-order valence-electron chi connectivity index (χ2n) is 3.29. The van der Waals surface area contributed by atoms with E-state index in [1.807, 2.05) is 36.4 Å². The Hall–Kier alpha value is -0.910. The maximum Gasteiger partial charge on any atom is 0.263 e. The maximum atomic E-state index is 11.3. The van der Waals surface area contributed by atoms with Crippen LogP contribution in [0.4, 0.5) is 0 Å². The Morgan fingerprint density at radius 2 is 2.00 bits per heavy atom. The Morgan fingerprint density at radius 3 is 2.59 bits per heavy atom. The van der Waals surface area contributed by atoms with Crippen LogP contribution in [0.2, 0.25) is 0 Å². The summed E-state index contributed by atoms with van der Waals surface area (Å²) in [5, 5.41) is 2.57. The lowest BCUT2D eigenvalue weighted by Gasteiger charge is -1.92. The van der Waals surface area contributed by atoms with Crippen LogP contribution in [0, 0.1) is 0 Å². The molecule has 1 fully saturated rings. The van der Waals surface area contributed by atoms with Gasteiger partial charge in [0.1, 0.15) is 4.32 Å². The van der Waals surface area contributed by atoms with Crippen molar-refractivity contribution in [3.63, 3.8) is 0 Å². The van der Waals surface area contributed by atoms with Gasteiger partial charge in [-0.2, -0.15) is 0 Å². The van der Waals surface area contributed by atoms with E-state index in [1.54, 1.807) is 6.08 Å². The van der Waals surface area contributed by atoms with Crippen molar-refractivity contribution in [1.82, 2.24) is 5.32 Å². The SMILES string of the molecule is O=C1NC(=S)S/C1=C/C=C\c1ccc(Br)cc1. The minimum atomic E-state index is -0.125. The molecule has 1 heterocycles. The average Bonchev–Trinajstić information content (AvgIpc) is 2.60. The van der Waals surface area contributed by atoms with Crippen LogP contribution in [0.1, 0.15) is 5.56 Å². The fraction of sp³-hybridized carbons (Fsp3) is 0.